The highest BCUT2D eigenvalue weighted by Gasteiger charge is 2.76. The minimum Gasteiger partial charge on any atom is -0.328 e. The highest BCUT2D eigenvalue weighted by Crippen LogP contribution is 2.93. The van der Waals surface area contributed by atoms with Crippen LogP contribution in [0.15, 0.2) is 0 Å². The van der Waals surface area contributed by atoms with Gasteiger partial charge in [0, 0.05) is 0 Å². The van der Waals surface area contributed by atoms with Crippen molar-refractivity contribution < 1.29 is 4.55 Å². The van der Waals surface area contributed by atoms with Gasteiger partial charge in [0.1, 0.15) is 3.91 Å². The zero-order chi connectivity index (χ0) is 4.44. The van der Waals surface area contributed by atoms with Gasteiger partial charge in [-0.05, 0) is 38.8 Å². The Morgan fingerprint density at radius 3 is 1.83 bits per heavy atom. The second kappa shape index (κ2) is 0.647. The van der Waals surface area contributed by atoms with Crippen molar-refractivity contribution in [2.75, 3.05) is 0 Å². The summed E-state index contributed by atoms with van der Waals surface area (Å²) in [6.07, 6.45) is 0. The lowest BCUT2D eigenvalue weighted by Gasteiger charge is -1.94. The van der Waals surface area contributed by atoms with Gasteiger partial charge in [-0.15, -0.1) is 0 Å². The molecule has 2 heterocycles. The Hall–Kier alpha value is 1.23. The monoisotopic (exact) mass is 158 g/mol. The van der Waals surface area contributed by atoms with Crippen LogP contribution in [-0.4, -0.2) is 8.47 Å². The van der Waals surface area contributed by atoms with Crippen LogP contribution in [0.3, 0.4) is 0 Å². The largest absolute Gasteiger partial charge is 0.328 e. The first-order valence-corrected chi connectivity index (χ1v) is 7.17. The molecular weight excluding hydrogens is 156 g/mol. The molecule has 0 spiro atoms. The maximum Gasteiger partial charge on any atom is 0.145 e. The summed E-state index contributed by atoms with van der Waals surface area (Å²) in [5, 5.41) is 0. The molecule has 0 bridgehead atoms. The Kier molecular flexibility index (Phi) is 0.447. The Morgan fingerprint density at radius 1 is 1.67 bits per heavy atom. The normalized spacial score (nSPS) is 60.2. The van der Waals surface area contributed by atoms with E-state index >= 15 is 0 Å². The zero-order valence-corrected chi connectivity index (χ0v) is 5.92. The fraction of sp³-hybridized carbons (Fsp3) is 1.00. The molecule has 2 fully saturated rings. The number of hydrogen-bond donors (Lipinski definition) is 1. The van der Waals surface area contributed by atoms with Crippen LogP contribution in [0.4, 0.5) is 0 Å². The van der Waals surface area contributed by atoms with Crippen LogP contribution in [0.25, 0.3) is 0 Å². The number of rotatable bonds is 0. The fourth-order valence-electron chi connectivity index (χ4n) is 0.251. The van der Waals surface area contributed by atoms with Gasteiger partial charge in [0.25, 0.3) is 0 Å². The summed E-state index contributed by atoms with van der Waals surface area (Å²) in [7, 11) is 3.13. The average molecular weight is 158 g/mol. The van der Waals surface area contributed by atoms with Crippen LogP contribution in [0.1, 0.15) is 0 Å². The van der Waals surface area contributed by atoms with Crippen LogP contribution in [0.5, 0.6) is 0 Å². The van der Waals surface area contributed by atoms with Crippen molar-refractivity contribution in [1.29, 1.82) is 0 Å². The van der Waals surface area contributed by atoms with E-state index in [4.69, 9.17) is 15.7 Å². The minimum absolute atomic E-state index is 0.456. The van der Waals surface area contributed by atoms with Crippen molar-refractivity contribution >= 4 is 38.8 Å². The SMILES string of the molecule is OS12(=S)SC1S2. The van der Waals surface area contributed by atoms with Crippen LogP contribution >= 0.6 is 21.6 Å². The molecule has 0 amide bonds. The van der Waals surface area contributed by atoms with Crippen LogP contribution in [0, 0.1) is 0 Å². The van der Waals surface area contributed by atoms with E-state index in [0.29, 0.717) is 3.91 Å². The van der Waals surface area contributed by atoms with Gasteiger partial charge in [-0.1, -0.05) is 0 Å². The van der Waals surface area contributed by atoms with Gasteiger partial charge in [0.2, 0.25) is 0 Å². The molecule has 2 saturated heterocycles. The third-order valence-electron chi connectivity index (χ3n) is 0.757. The Labute approximate surface area is 47.4 Å². The molecule has 1 nitrogen and oxygen atoms in total. The van der Waals surface area contributed by atoms with E-state index in [0.717, 1.165) is 0 Å². The lowest BCUT2D eigenvalue weighted by atomic mass is 11.9. The number of fused-ring (bicyclic) bond motifs is 1. The fourth-order valence-corrected chi connectivity index (χ4v) is 12.0. The van der Waals surface area contributed by atoms with Gasteiger partial charge in [-0.2, -0.15) is 0 Å². The summed E-state index contributed by atoms with van der Waals surface area (Å²) in [6.45, 7) is 0. The predicted octanol–water partition coefficient (Wildman–Crippen LogP) is 1.22. The van der Waals surface area contributed by atoms with Gasteiger partial charge in [0.15, 0.2) is 0 Å². The molecule has 6 heavy (non-hydrogen) atoms. The topological polar surface area (TPSA) is 20.2 Å². The van der Waals surface area contributed by atoms with Crippen LogP contribution in [0.2, 0.25) is 0 Å². The van der Waals surface area contributed by atoms with E-state index in [1.54, 1.807) is 21.6 Å². The van der Waals surface area contributed by atoms with Crippen molar-refractivity contribution in [3.8, 4) is 0 Å². The molecule has 2 aliphatic heterocycles. The van der Waals surface area contributed by atoms with Gasteiger partial charge >= 0.3 is 0 Å². The molecule has 2 rings (SSSR count). The average Bonchev–Trinajstić information content (AvgIpc) is 1.77. The molecule has 0 radical (unpaired) electrons. The quantitative estimate of drug-likeness (QED) is 0.422. The molecule has 1 N–H and O–H groups in total. The molecule has 0 saturated carbocycles. The van der Waals surface area contributed by atoms with Crippen LogP contribution in [-0.2, 0) is 17.3 Å². The molecule has 0 aromatic carbocycles. The first kappa shape index (κ1) is 4.14. The summed E-state index contributed by atoms with van der Waals surface area (Å²) in [5.74, 6) is 0. The highest BCUT2D eigenvalue weighted by atomic mass is 33.8. The molecule has 0 unspecified atom stereocenters. The maximum absolute atomic E-state index is 9.02. The second-order valence-electron chi connectivity index (χ2n) is 1.30. The molecule has 0 aromatic heterocycles. The van der Waals surface area contributed by atoms with Crippen molar-refractivity contribution in [2.24, 2.45) is 0 Å². The van der Waals surface area contributed by atoms with E-state index in [1.165, 1.54) is 0 Å². The smallest absolute Gasteiger partial charge is 0.145 e. The molecule has 2 aliphatic rings. The van der Waals surface area contributed by atoms with E-state index < -0.39 is 6.07 Å². The summed E-state index contributed by atoms with van der Waals surface area (Å²) in [4.78, 5) is 0. The first-order chi connectivity index (χ1) is 2.60. The lowest BCUT2D eigenvalue weighted by Crippen LogP contribution is -1.80. The lowest BCUT2D eigenvalue weighted by molar-refractivity contribution is 0.659. The zero-order valence-electron chi connectivity index (χ0n) is 2.66. The van der Waals surface area contributed by atoms with Crippen molar-refractivity contribution in [1.82, 2.24) is 0 Å². The van der Waals surface area contributed by atoms with E-state index in [-0.39, 0.29) is 0 Å². The molecule has 0 aromatic rings. The third-order valence-corrected chi connectivity index (χ3v) is 13.9. The summed E-state index contributed by atoms with van der Waals surface area (Å²) >= 11 is 4.81. The minimum atomic E-state index is -2.02. The summed E-state index contributed by atoms with van der Waals surface area (Å²) in [6, 6.07) is -2.02. The Morgan fingerprint density at radius 2 is 1.83 bits per heavy atom. The third kappa shape index (κ3) is 0.315. The van der Waals surface area contributed by atoms with Gasteiger partial charge in [-0.3, -0.25) is 0 Å². The summed E-state index contributed by atoms with van der Waals surface area (Å²) in [5.41, 5.74) is 0. The van der Waals surface area contributed by atoms with Crippen molar-refractivity contribution in [3.05, 3.63) is 0 Å². The summed E-state index contributed by atoms with van der Waals surface area (Å²) < 4.78 is 9.48. The van der Waals surface area contributed by atoms with Crippen LogP contribution < -0.4 is 0 Å². The van der Waals surface area contributed by atoms with E-state index in [2.05, 4.69) is 0 Å². The molecule has 5 heteroatoms. The molecule has 0 atom stereocenters. The molecular formula is CH2OS4. The van der Waals surface area contributed by atoms with Gasteiger partial charge in [-0.25, -0.2) is 0 Å². The first-order valence-electron chi connectivity index (χ1n) is 1.39. The second-order valence-corrected chi connectivity index (χ2v) is 14.8. The molecule has 36 valence electrons. The van der Waals surface area contributed by atoms with Gasteiger partial charge in [0.05, 0.1) is 0 Å². The predicted molar refractivity (Wildman–Crippen MR) is 36.3 cm³/mol. The van der Waals surface area contributed by atoms with E-state index in [1.807, 2.05) is 0 Å². The Balaban J connectivity index is 2.71. The van der Waals surface area contributed by atoms with E-state index in [9.17, 15) is 0 Å². The number of hydrogen-bond acceptors (Lipinski definition) is 3. The van der Waals surface area contributed by atoms with Gasteiger partial charge < -0.3 is 4.55 Å². The highest BCUT2D eigenvalue weighted by molar-refractivity contribution is 9.50. The molecule has 0 aliphatic carbocycles. The maximum atomic E-state index is 9.02. The van der Waals surface area contributed by atoms with Crippen molar-refractivity contribution in [2.45, 2.75) is 3.91 Å². The Bertz CT molecular complexity index is 160. The van der Waals surface area contributed by atoms with Crippen molar-refractivity contribution in [3.63, 3.8) is 0 Å². The standard InChI is InChI=1S/CH2OS4/c2-6(3)1(4-6)5-6/h1H,(H,2,3).